The number of rotatable bonds is 2. The number of benzene rings is 1. The summed E-state index contributed by atoms with van der Waals surface area (Å²) in [7, 11) is 0. The Morgan fingerprint density at radius 2 is 2.00 bits per heavy atom. The van der Waals surface area contributed by atoms with Crippen LogP contribution >= 0.6 is 0 Å². The lowest BCUT2D eigenvalue weighted by Gasteiger charge is -2.23. The number of nitrogens with two attached hydrogens (primary N) is 1. The van der Waals surface area contributed by atoms with Crippen LogP contribution in [-0.2, 0) is 4.79 Å². The predicted octanol–water partition coefficient (Wildman–Crippen LogP) is 3.10. The fourth-order valence-corrected chi connectivity index (χ4v) is 2.51. The van der Waals surface area contributed by atoms with Crippen molar-refractivity contribution in [2.75, 3.05) is 11.1 Å². The molecule has 0 atom stereocenters. The van der Waals surface area contributed by atoms with Crippen LogP contribution in [0.2, 0.25) is 0 Å². The first kappa shape index (κ1) is 12.0. The van der Waals surface area contributed by atoms with Crippen molar-refractivity contribution in [1.82, 2.24) is 0 Å². The first-order chi connectivity index (χ1) is 8.03. The molecule has 1 aromatic rings. The maximum Gasteiger partial charge on any atom is 0.230 e. The van der Waals surface area contributed by atoms with Crippen molar-refractivity contribution < 1.29 is 4.79 Å². The highest BCUT2D eigenvalue weighted by atomic mass is 16.2. The number of nitrogen functional groups attached to an aromatic ring is 1. The molecule has 0 heterocycles. The number of hydrogen-bond acceptors (Lipinski definition) is 2. The van der Waals surface area contributed by atoms with E-state index in [0.717, 1.165) is 36.9 Å². The topological polar surface area (TPSA) is 55.1 Å². The second-order valence-corrected chi connectivity index (χ2v) is 5.26. The molecule has 1 aliphatic rings. The van der Waals surface area contributed by atoms with Gasteiger partial charge in [-0.3, -0.25) is 4.79 Å². The highest BCUT2D eigenvalue weighted by Gasteiger charge is 2.36. The number of nitrogens with one attached hydrogen (secondary N) is 1. The number of carbonyl (C=O) groups is 1. The molecule has 1 aliphatic carbocycles. The van der Waals surface area contributed by atoms with Gasteiger partial charge in [-0.25, -0.2) is 0 Å². The van der Waals surface area contributed by atoms with Crippen molar-refractivity contribution in [2.24, 2.45) is 5.41 Å². The van der Waals surface area contributed by atoms with Crippen molar-refractivity contribution >= 4 is 17.3 Å². The van der Waals surface area contributed by atoms with E-state index in [1.807, 2.05) is 32.0 Å². The van der Waals surface area contributed by atoms with Crippen LogP contribution in [0.3, 0.4) is 0 Å². The molecule has 0 unspecified atom stereocenters. The molecule has 2 rings (SSSR count). The molecule has 1 saturated carbocycles. The Morgan fingerprint density at radius 1 is 1.35 bits per heavy atom. The predicted molar refractivity (Wildman–Crippen MR) is 70.8 cm³/mol. The van der Waals surface area contributed by atoms with Gasteiger partial charge in [-0.05, 0) is 31.4 Å². The zero-order chi connectivity index (χ0) is 12.5. The van der Waals surface area contributed by atoms with Crippen LogP contribution < -0.4 is 11.1 Å². The summed E-state index contributed by atoms with van der Waals surface area (Å²) >= 11 is 0. The number of para-hydroxylation sites is 1. The molecule has 1 aromatic carbocycles. The molecule has 3 heteroatoms. The van der Waals surface area contributed by atoms with Gasteiger partial charge in [-0.15, -0.1) is 0 Å². The van der Waals surface area contributed by atoms with Gasteiger partial charge in [0.2, 0.25) is 5.91 Å². The van der Waals surface area contributed by atoms with Gasteiger partial charge < -0.3 is 11.1 Å². The normalized spacial score (nSPS) is 18.0. The summed E-state index contributed by atoms with van der Waals surface area (Å²) in [6.07, 6.45) is 4.25. The van der Waals surface area contributed by atoms with Crippen LogP contribution in [0.4, 0.5) is 11.4 Å². The molecule has 3 N–H and O–H groups in total. The zero-order valence-electron chi connectivity index (χ0n) is 10.5. The minimum absolute atomic E-state index is 0.107. The highest BCUT2D eigenvalue weighted by Crippen LogP contribution is 2.39. The van der Waals surface area contributed by atoms with E-state index in [2.05, 4.69) is 5.32 Å². The van der Waals surface area contributed by atoms with Crippen molar-refractivity contribution in [3.8, 4) is 0 Å². The Bertz CT molecular complexity index is 414. The van der Waals surface area contributed by atoms with Gasteiger partial charge in [0.05, 0.1) is 11.4 Å². The van der Waals surface area contributed by atoms with Gasteiger partial charge >= 0.3 is 0 Å². The summed E-state index contributed by atoms with van der Waals surface area (Å²) in [5.74, 6) is 0.107. The van der Waals surface area contributed by atoms with Crippen LogP contribution in [0, 0.1) is 12.3 Å². The number of amides is 1. The molecule has 3 nitrogen and oxygen atoms in total. The number of anilines is 2. The maximum absolute atomic E-state index is 12.3. The lowest BCUT2D eigenvalue weighted by Crippen LogP contribution is -2.31. The van der Waals surface area contributed by atoms with E-state index in [-0.39, 0.29) is 11.3 Å². The Labute approximate surface area is 102 Å². The van der Waals surface area contributed by atoms with E-state index >= 15 is 0 Å². The van der Waals surface area contributed by atoms with E-state index in [0.29, 0.717) is 5.69 Å². The second-order valence-electron chi connectivity index (χ2n) is 5.26. The number of carbonyl (C=O) groups excluding carboxylic acids is 1. The average Bonchev–Trinajstić information content (AvgIpc) is 2.72. The first-order valence-electron chi connectivity index (χ1n) is 6.19. The summed E-state index contributed by atoms with van der Waals surface area (Å²) in [5.41, 5.74) is 8.10. The number of aryl methyl sites for hydroxylation is 1. The van der Waals surface area contributed by atoms with E-state index in [1.54, 1.807) is 0 Å². The fraction of sp³-hybridized carbons (Fsp3) is 0.500. The Balaban J connectivity index is 2.18. The van der Waals surface area contributed by atoms with E-state index in [4.69, 9.17) is 5.73 Å². The summed E-state index contributed by atoms with van der Waals surface area (Å²) in [4.78, 5) is 12.3. The van der Waals surface area contributed by atoms with Crippen molar-refractivity contribution in [3.63, 3.8) is 0 Å². The number of hydrogen-bond donors (Lipinski definition) is 2. The molecule has 0 aliphatic heterocycles. The SMILES string of the molecule is Cc1cccc(N)c1NC(=O)C1(C)CCCC1. The van der Waals surface area contributed by atoms with Gasteiger partial charge in [-0.2, -0.15) is 0 Å². The Hall–Kier alpha value is -1.51. The Kier molecular flexibility index (Phi) is 3.09. The molecule has 0 saturated heterocycles. The molecule has 0 aromatic heterocycles. The lowest BCUT2D eigenvalue weighted by molar-refractivity contribution is -0.124. The van der Waals surface area contributed by atoms with Crippen LogP contribution in [0.15, 0.2) is 18.2 Å². The maximum atomic E-state index is 12.3. The van der Waals surface area contributed by atoms with Gasteiger partial charge in [0, 0.05) is 5.41 Å². The molecule has 1 amide bonds. The average molecular weight is 232 g/mol. The third-order valence-electron chi connectivity index (χ3n) is 3.80. The standard InChI is InChI=1S/C14H20N2O/c1-10-6-5-7-11(15)12(10)16-13(17)14(2)8-3-4-9-14/h5-7H,3-4,8-9,15H2,1-2H3,(H,16,17). The molecular weight excluding hydrogens is 212 g/mol. The van der Waals surface area contributed by atoms with Crippen LogP contribution in [0.25, 0.3) is 0 Å². The van der Waals surface area contributed by atoms with E-state index < -0.39 is 0 Å². The molecule has 1 fully saturated rings. The van der Waals surface area contributed by atoms with E-state index in [9.17, 15) is 4.79 Å². The molecule has 0 radical (unpaired) electrons. The Morgan fingerprint density at radius 3 is 2.59 bits per heavy atom. The van der Waals surface area contributed by atoms with Crippen LogP contribution in [0.5, 0.6) is 0 Å². The van der Waals surface area contributed by atoms with Gasteiger partial charge in [0.15, 0.2) is 0 Å². The quantitative estimate of drug-likeness (QED) is 0.770. The summed E-state index contributed by atoms with van der Waals surface area (Å²) in [6.45, 7) is 4.01. The molecule has 0 spiro atoms. The molecule has 92 valence electrons. The van der Waals surface area contributed by atoms with Crippen LogP contribution in [-0.4, -0.2) is 5.91 Å². The van der Waals surface area contributed by atoms with Gasteiger partial charge in [0.1, 0.15) is 0 Å². The summed E-state index contributed by atoms with van der Waals surface area (Å²) in [5, 5.41) is 3.00. The van der Waals surface area contributed by atoms with Crippen LogP contribution in [0.1, 0.15) is 38.2 Å². The summed E-state index contributed by atoms with van der Waals surface area (Å²) in [6, 6.07) is 5.68. The molecular formula is C14H20N2O. The zero-order valence-corrected chi connectivity index (χ0v) is 10.5. The van der Waals surface area contributed by atoms with Gasteiger partial charge in [0.25, 0.3) is 0 Å². The van der Waals surface area contributed by atoms with Gasteiger partial charge in [-0.1, -0.05) is 31.9 Å². The lowest BCUT2D eigenvalue weighted by atomic mass is 9.87. The monoisotopic (exact) mass is 232 g/mol. The van der Waals surface area contributed by atoms with Crippen molar-refractivity contribution in [3.05, 3.63) is 23.8 Å². The first-order valence-corrected chi connectivity index (χ1v) is 6.19. The highest BCUT2D eigenvalue weighted by molar-refractivity contribution is 5.98. The molecule has 17 heavy (non-hydrogen) atoms. The largest absolute Gasteiger partial charge is 0.397 e. The van der Waals surface area contributed by atoms with E-state index in [1.165, 1.54) is 0 Å². The minimum atomic E-state index is -0.214. The minimum Gasteiger partial charge on any atom is -0.397 e. The third-order valence-corrected chi connectivity index (χ3v) is 3.80. The van der Waals surface area contributed by atoms with Crippen molar-refractivity contribution in [2.45, 2.75) is 39.5 Å². The summed E-state index contributed by atoms with van der Waals surface area (Å²) < 4.78 is 0. The molecule has 0 bridgehead atoms. The van der Waals surface area contributed by atoms with Crippen molar-refractivity contribution in [1.29, 1.82) is 0 Å². The second kappa shape index (κ2) is 4.40. The smallest absolute Gasteiger partial charge is 0.230 e. The third kappa shape index (κ3) is 2.28. The fourth-order valence-electron chi connectivity index (χ4n) is 2.51.